The highest BCUT2D eigenvalue weighted by Crippen LogP contribution is 1.92. The molecule has 0 aromatic carbocycles. The van der Waals surface area contributed by atoms with Crippen LogP contribution in [0.4, 0.5) is 0 Å². The summed E-state index contributed by atoms with van der Waals surface area (Å²) in [4.78, 5) is 0. The van der Waals surface area contributed by atoms with Gasteiger partial charge in [0.25, 0.3) is 0 Å². The Morgan fingerprint density at radius 1 is 1.00 bits per heavy atom. The Morgan fingerprint density at radius 2 is 1.67 bits per heavy atom. The van der Waals surface area contributed by atoms with Crippen LogP contribution in [0.25, 0.3) is 0 Å². The number of hydrogen-bond donors (Lipinski definition) is 0. The van der Waals surface area contributed by atoms with E-state index in [-0.39, 0.29) is 5.48 Å². The Morgan fingerprint density at radius 3 is 2.25 bits per heavy atom. The normalized spacial score (nSPS) is 9.08. The first-order chi connectivity index (χ1) is 5.43. The maximum Gasteiger partial charge on any atom is 0.168 e. The molecule has 0 unspecified atom stereocenters. The van der Waals surface area contributed by atoms with E-state index in [1.165, 1.54) is 19.3 Å². The molecule has 12 heavy (non-hydrogen) atoms. The summed E-state index contributed by atoms with van der Waals surface area (Å²) in [6.45, 7) is 3.39. The summed E-state index contributed by atoms with van der Waals surface area (Å²) in [6.07, 6.45) is 8.17. The molecule has 0 aliphatic carbocycles. The molecular formula is C10H17NO. The molecule has 0 aliphatic heterocycles. The molecule has 68 valence electrons. The molecule has 0 saturated carbocycles. The van der Waals surface area contributed by atoms with Gasteiger partial charge < -0.3 is 5.48 Å². The molecule has 1 aromatic heterocycles. The van der Waals surface area contributed by atoms with Gasteiger partial charge in [-0.3, -0.25) is 0 Å². The van der Waals surface area contributed by atoms with E-state index in [4.69, 9.17) is 0 Å². The zero-order valence-corrected chi connectivity index (χ0v) is 7.61. The van der Waals surface area contributed by atoms with Gasteiger partial charge >= 0.3 is 0 Å². The zero-order valence-electron chi connectivity index (χ0n) is 7.61. The maximum absolute atomic E-state index is 2.23. The summed E-state index contributed by atoms with van der Waals surface area (Å²) < 4.78 is 2.23. The van der Waals surface area contributed by atoms with Gasteiger partial charge in [-0.25, -0.2) is 4.57 Å². The van der Waals surface area contributed by atoms with Crippen LogP contribution < -0.4 is 4.57 Å². The van der Waals surface area contributed by atoms with Crippen molar-refractivity contribution in [3.05, 3.63) is 30.6 Å². The number of rotatable bonds is 4. The van der Waals surface area contributed by atoms with Crippen LogP contribution in [-0.2, 0) is 6.54 Å². The van der Waals surface area contributed by atoms with Crippen LogP contribution in [0.15, 0.2) is 30.6 Å². The van der Waals surface area contributed by atoms with E-state index >= 15 is 0 Å². The Labute approximate surface area is 74.2 Å². The highest BCUT2D eigenvalue weighted by atomic mass is 16.0. The van der Waals surface area contributed by atoms with Crippen LogP contribution in [0, 0.1) is 0 Å². The minimum atomic E-state index is 0. The quantitative estimate of drug-likeness (QED) is 0.498. The Hall–Kier alpha value is -0.890. The van der Waals surface area contributed by atoms with Gasteiger partial charge in [-0.2, -0.15) is 0 Å². The van der Waals surface area contributed by atoms with Gasteiger partial charge in [0.1, 0.15) is 6.54 Å². The van der Waals surface area contributed by atoms with Gasteiger partial charge in [0.05, 0.1) is 0 Å². The molecule has 1 heterocycles. The lowest BCUT2D eigenvalue weighted by Gasteiger charge is -1.93. The molecule has 0 radical (unpaired) electrons. The Kier molecular flexibility index (Phi) is 6.29. The molecule has 0 aliphatic rings. The van der Waals surface area contributed by atoms with Crippen LogP contribution in [0.1, 0.15) is 26.2 Å². The van der Waals surface area contributed by atoms with E-state index in [2.05, 4.69) is 42.1 Å². The van der Waals surface area contributed by atoms with Crippen molar-refractivity contribution in [3.63, 3.8) is 0 Å². The zero-order chi connectivity index (χ0) is 7.94. The predicted molar refractivity (Wildman–Crippen MR) is 48.1 cm³/mol. The Bertz CT molecular complexity index is 186. The summed E-state index contributed by atoms with van der Waals surface area (Å²) in [7, 11) is 0. The third-order valence-electron chi connectivity index (χ3n) is 1.80. The van der Waals surface area contributed by atoms with Crippen molar-refractivity contribution in [1.29, 1.82) is 0 Å². The molecular weight excluding hydrogens is 150 g/mol. The van der Waals surface area contributed by atoms with Crippen molar-refractivity contribution in [3.8, 4) is 0 Å². The van der Waals surface area contributed by atoms with Crippen LogP contribution >= 0.6 is 0 Å². The van der Waals surface area contributed by atoms with Gasteiger partial charge in [-0.1, -0.05) is 19.4 Å². The van der Waals surface area contributed by atoms with Gasteiger partial charge in [0, 0.05) is 18.6 Å². The number of hydrogen-bond acceptors (Lipinski definition) is 1. The number of unbranched alkanes of at least 4 members (excludes halogenated alkanes) is 2. The minimum absolute atomic E-state index is 0. The molecule has 0 bridgehead atoms. The molecule has 1 aromatic rings. The van der Waals surface area contributed by atoms with E-state index in [0.717, 1.165) is 6.54 Å². The fourth-order valence-electron chi connectivity index (χ4n) is 1.13. The van der Waals surface area contributed by atoms with Crippen molar-refractivity contribution in [2.75, 3.05) is 0 Å². The third-order valence-corrected chi connectivity index (χ3v) is 1.80. The second-order valence-corrected chi connectivity index (χ2v) is 2.82. The van der Waals surface area contributed by atoms with Crippen LogP contribution in [0.3, 0.4) is 0 Å². The standard InChI is InChI=1S/C10H16N.H2O/c1-2-3-5-8-11-9-6-4-7-10-11;/h4,6-7,9-10H,2-3,5,8H2,1H3;1H2/q+1;/p-1. The number of pyridine rings is 1. The SMILES string of the molecule is CCCCC[n+]1ccccc1.[OH-]. The fourth-order valence-corrected chi connectivity index (χ4v) is 1.13. The number of aromatic nitrogens is 1. The van der Waals surface area contributed by atoms with Crippen molar-refractivity contribution >= 4 is 0 Å². The first kappa shape index (κ1) is 11.1. The number of nitrogens with zero attached hydrogens (tertiary/aromatic N) is 1. The second-order valence-electron chi connectivity index (χ2n) is 2.82. The van der Waals surface area contributed by atoms with Gasteiger partial charge in [-0.15, -0.1) is 0 Å². The summed E-state index contributed by atoms with van der Waals surface area (Å²) in [5.74, 6) is 0. The molecule has 0 saturated heterocycles. The van der Waals surface area contributed by atoms with Crippen molar-refractivity contribution < 1.29 is 10.0 Å². The maximum atomic E-state index is 2.23. The summed E-state index contributed by atoms with van der Waals surface area (Å²) in [6, 6.07) is 6.20. The lowest BCUT2D eigenvalue weighted by Crippen LogP contribution is -2.31. The average Bonchev–Trinajstić information content (AvgIpc) is 2.07. The molecule has 0 amide bonds. The average molecular weight is 167 g/mol. The van der Waals surface area contributed by atoms with Crippen molar-refractivity contribution in [2.24, 2.45) is 0 Å². The van der Waals surface area contributed by atoms with Gasteiger partial charge in [-0.05, 0) is 6.42 Å². The fraction of sp³-hybridized carbons (Fsp3) is 0.500. The highest BCUT2D eigenvalue weighted by molar-refractivity contribution is 4.83. The molecule has 0 spiro atoms. The van der Waals surface area contributed by atoms with E-state index in [0.29, 0.717) is 0 Å². The topological polar surface area (TPSA) is 33.9 Å². The summed E-state index contributed by atoms with van der Waals surface area (Å²) in [5, 5.41) is 0. The van der Waals surface area contributed by atoms with E-state index < -0.39 is 0 Å². The van der Waals surface area contributed by atoms with E-state index in [1.807, 2.05) is 0 Å². The highest BCUT2D eigenvalue weighted by Gasteiger charge is 1.94. The lowest BCUT2D eigenvalue weighted by molar-refractivity contribution is -0.697. The molecule has 1 N–H and O–H groups in total. The molecule has 2 heteroatoms. The monoisotopic (exact) mass is 167 g/mol. The number of aryl methyl sites for hydroxylation is 1. The van der Waals surface area contributed by atoms with Crippen molar-refractivity contribution in [2.45, 2.75) is 32.7 Å². The summed E-state index contributed by atoms with van der Waals surface area (Å²) in [5.41, 5.74) is 0. The van der Waals surface area contributed by atoms with Gasteiger partial charge in [0.2, 0.25) is 0 Å². The summed E-state index contributed by atoms with van der Waals surface area (Å²) >= 11 is 0. The molecule has 2 nitrogen and oxygen atoms in total. The predicted octanol–water partition coefficient (Wildman–Crippen LogP) is 1.99. The second kappa shape index (κ2) is 6.80. The first-order valence-electron chi connectivity index (χ1n) is 4.37. The van der Waals surface area contributed by atoms with Gasteiger partial charge in [0.15, 0.2) is 12.4 Å². The largest absolute Gasteiger partial charge is 0.870 e. The van der Waals surface area contributed by atoms with Crippen molar-refractivity contribution in [1.82, 2.24) is 0 Å². The van der Waals surface area contributed by atoms with E-state index in [9.17, 15) is 0 Å². The smallest absolute Gasteiger partial charge is 0.168 e. The third kappa shape index (κ3) is 4.09. The van der Waals surface area contributed by atoms with E-state index in [1.54, 1.807) is 0 Å². The van der Waals surface area contributed by atoms with Crippen LogP contribution in [-0.4, -0.2) is 5.48 Å². The molecule has 0 atom stereocenters. The van der Waals surface area contributed by atoms with Crippen LogP contribution in [0.5, 0.6) is 0 Å². The first-order valence-corrected chi connectivity index (χ1v) is 4.37. The minimum Gasteiger partial charge on any atom is -0.870 e. The molecule has 1 rings (SSSR count). The Balaban J connectivity index is 0.00000121. The molecule has 0 fully saturated rings. The van der Waals surface area contributed by atoms with Crippen LogP contribution in [0.2, 0.25) is 0 Å². The lowest BCUT2D eigenvalue weighted by atomic mass is 10.2.